The number of anilines is 2. The van der Waals surface area contributed by atoms with Gasteiger partial charge in [-0.3, -0.25) is 4.79 Å². The van der Waals surface area contributed by atoms with Crippen LogP contribution in [0.1, 0.15) is 22.3 Å². The van der Waals surface area contributed by atoms with E-state index >= 15 is 0 Å². The molecule has 0 saturated heterocycles. The summed E-state index contributed by atoms with van der Waals surface area (Å²) >= 11 is 0. The fourth-order valence-electron chi connectivity index (χ4n) is 2.66. The number of carbonyl (C=O) groups excluding carboxylic acids is 1. The second-order valence-electron chi connectivity index (χ2n) is 5.08. The average Bonchev–Trinajstić information content (AvgIpc) is 2.46. The van der Waals surface area contributed by atoms with Gasteiger partial charge in [0.05, 0.1) is 0 Å². The van der Waals surface area contributed by atoms with Crippen LogP contribution in [0.2, 0.25) is 0 Å². The number of aryl methyl sites for hydroxylation is 1. The second-order valence-corrected chi connectivity index (χ2v) is 5.08. The zero-order valence-electron chi connectivity index (χ0n) is 11.3. The molecule has 1 aliphatic heterocycles. The molecule has 0 aromatic heterocycles. The van der Waals surface area contributed by atoms with Crippen molar-refractivity contribution in [3.8, 4) is 5.75 Å². The largest absolute Gasteiger partial charge is 0.507 e. The number of fused-ring (bicyclic) bond motifs is 1. The molecule has 4 nitrogen and oxygen atoms in total. The first-order valence-corrected chi connectivity index (χ1v) is 6.75. The Morgan fingerprint density at radius 2 is 2.10 bits per heavy atom. The van der Waals surface area contributed by atoms with E-state index in [4.69, 9.17) is 5.73 Å². The van der Waals surface area contributed by atoms with Crippen LogP contribution in [0.25, 0.3) is 0 Å². The van der Waals surface area contributed by atoms with Crippen molar-refractivity contribution < 1.29 is 14.3 Å². The number of halogens is 1. The monoisotopic (exact) mass is 286 g/mol. The third-order valence-corrected chi connectivity index (χ3v) is 3.68. The van der Waals surface area contributed by atoms with Gasteiger partial charge in [-0.25, -0.2) is 4.39 Å². The number of hydrogen-bond donors (Lipinski definition) is 2. The Kier molecular flexibility index (Phi) is 3.25. The van der Waals surface area contributed by atoms with E-state index in [1.54, 1.807) is 12.1 Å². The van der Waals surface area contributed by atoms with Crippen LogP contribution >= 0.6 is 0 Å². The molecular weight excluding hydrogens is 271 g/mol. The second kappa shape index (κ2) is 5.09. The maximum Gasteiger partial charge on any atom is 0.265 e. The van der Waals surface area contributed by atoms with Crippen molar-refractivity contribution in [2.75, 3.05) is 17.2 Å². The van der Waals surface area contributed by atoms with Gasteiger partial charge >= 0.3 is 0 Å². The van der Waals surface area contributed by atoms with Crippen LogP contribution < -0.4 is 10.6 Å². The van der Waals surface area contributed by atoms with Gasteiger partial charge in [-0.05, 0) is 42.7 Å². The highest BCUT2D eigenvalue weighted by Gasteiger charge is 2.27. The summed E-state index contributed by atoms with van der Waals surface area (Å²) in [5, 5.41) is 9.78. The molecule has 1 aliphatic rings. The van der Waals surface area contributed by atoms with E-state index in [1.165, 1.54) is 17.0 Å². The minimum Gasteiger partial charge on any atom is -0.507 e. The number of carbonyl (C=O) groups is 1. The summed E-state index contributed by atoms with van der Waals surface area (Å²) in [4.78, 5) is 14.1. The first kappa shape index (κ1) is 13.4. The molecular formula is C16H15FN2O2. The SMILES string of the molecule is Nc1ccc2c(c1)N(C(=O)c1c(O)cccc1F)CCC2. The highest BCUT2D eigenvalue weighted by Crippen LogP contribution is 2.32. The number of phenolic OH excluding ortho intramolecular Hbond substituents is 1. The van der Waals surface area contributed by atoms with E-state index in [-0.39, 0.29) is 11.3 Å². The molecule has 108 valence electrons. The first-order chi connectivity index (χ1) is 10.1. The van der Waals surface area contributed by atoms with Crippen molar-refractivity contribution in [1.29, 1.82) is 0 Å². The lowest BCUT2D eigenvalue weighted by atomic mass is 10.00. The topological polar surface area (TPSA) is 66.6 Å². The molecule has 0 saturated carbocycles. The number of nitrogen functional groups attached to an aromatic ring is 1. The molecule has 21 heavy (non-hydrogen) atoms. The van der Waals surface area contributed by atoms with Crippen molar-refractivity contribution in [3.05, 3.63) is 53.3 Å². The Morgan fingerprint density at radius 3 is 2.86 bits per heavy atom. The standard InChI is InChI=1S/C16H15FN2O2/c17-12-4-1-5-14(20)15(12)16(21)19-8-2-3-10-6-7-11(18)9-13(10)19/h1,4-7,9,20H,2-3,8,18H2. The number of amides is 1. The third kappa shape index (κ3) is 2.31. The number of aromatic hydroxyl groups is 1. The molecule has 0 aliphatic carbocycles. The van der Waals surface area contributed by atoms with Crippen molar-refractivity contribution in [1.82, 2.24) is 0 Å². The molecule has 2 aromatic carbocycles. The van der Waals surface area contributed by atoms with Crippen LogP contribution in [-0.4, -0.2) is 17.6 Å². The number of nitrogens with zero attached hydrogens (tertiary/aromatic N) is 1. The molecule has 0 fully saturated rings. The van der Waals surface area contributed by atoms with Crippen molar-refractivity contribution >= 4 is 17.3 Å². The highest BCUT2D eigenvalue weighted by molar-refractivity contribution is 6.08. The van der Waals surface area contributed by atoms with Gasteiger partial charge in [0.1, 0.15) is 17.1 Å². The van der Waals surface area contributed by atoms with Gasteiger partial charge in [0, 0.05) is 17.9 Å². The normalized spacial score (nSPS) is 13.9. The maximum atomic E-state index is 13.9. The molecule has 0 bridgehead atoms. The lowest BCUT2D eigenvalue weighted by molar-refractivity contribution is 0.0978. The number of nitrogens with two attached hydrogens (primary N) is 1. The minimum absolute atomic E-state index is 0.298. The summed E-state index contributed by atoms with van der Waals surface area (Å²) in [6, 6.07) is 9.21. The fraction of sp³-hybridized carbons (Fsp3) is 0.188. The van der Waals surface area contributed by atoms with Crippen LogP contribution in [0.3, 0.4) is 0 Å². The third-order valence-electron chi connectivity index (χ3n) is 3.68. The molecule has 1 heterocycles. The fourth-order valence-corrected chi connectivity index (χ4v) is 2.66. The average molecular weight is 286 g/mol. The van der Waals surface area contributed by atoms with Gasteiger partial charge in [0.2, 0.25) is 0 Å². The van der Waals surface area contributed by atoms with Crippen LogP contribution in [0, 0.1) is 5.82 Å². The Balaban J connectivity index is 2.06. The molecule has 0 spiro atoms. The summed E-state index contributed by atoms with van der Waals surface area (Å²) in [7, 11) is 0. The lowest BCUT2D eigenvalue weighted by Gasteiger charge is -2.30. The lowest BCUT2D eigenvalue weighted by Crippen LogP contribution is -2.36. The van der Waals surface area contributed by atoms with Crippen LogP contribution in [0.4, 0.5) is 15.8 Å². The molecule has 0 atom stereocenters. The van der Waals surface area contributed by atoms with Crippen LogP contribution in [0.15, 0.2) is 36.4 Å². The smallest absolute Gasteiger partial charge is 0.265 e. The van der Waals surface area contributed by atoms with Gasteiger partial charge in [-0.1, -0.05) is 12.1 Å². The zero-order valence-corrected chi connectivity index (χ0v) is 11.3. The summed E-state index contributed by atoms with van der Waals surface area (Å²) in [5.74, 6) is -1.62. The van der Waals surface area contributed by atoms with Gasteiger partial charge in [-0.2, -0.15) is 0 Å². The summed E-state index contributed by atoms with van der Waals surface area (Å²) in [6.07, 6.45) is 1.64. The van der Waals surface area contributed by atoms with Gasteiger partial charge in [0.15, 0.2) is 0 Å². The predicted octanol–water partition coefficient (Wildman–Crippen LogP) is 2.71. The molecule has 3 rings (SSSR count). The van der Waals surface area contributed by atoms with E-state index in [2.05, 4.69) is 0 Å². The van der Waals surface area contributed by atoms with Gasteiger partial charge in [-0.15, -0.1) is 0 Å². The number of rotatable bonds is 1. The maximum absolute atomic E-state index is 13.9. The van der Waals surface area contributed by atoms with E-state index in [1.807, 2.05) is 6.07 Å². The van der Waals surface area contributed by atoms with E-state index in [0.717, 1.165) is 24.5 Å². The molecule has 1 amide bonds. The number of benzene rings is 2. The van der Waals surface area contributed by atoms with Crippen LogP contribution in [-0.2, 0) is 6.42 Å². The minimum atomic E-state index is -0.726. The predicted molar refractivity (Wildman–Crippen MR) is 78.9 cm³/mol. The molecule has 3 N–H and O–H groups in total. The molecule has 0 unspecified atom stereocenters. The zero-order chi connectivity index (χ0) is 15.0. The quantitative estimate of drug-likeness (QED) is 0.792. The van der Waals surface area contributed by atoms with Crippen molar-refractivity contribution in [2.24, 2.45) is 0 Å². The number of hydrogen-bond acceptors (Lipinski definition) is 3. The highest BCUT2D eigenvalue weighted by atomic mass is 19.1. The first-order valence-electron chi connectivity index (χ1n) is 6.75. The summed E-state index contributed by atoms with van der Waals surface area (Å²) < 4.78 is 13.9. The van der Waals surface area contributed by atoms with E-state index in [9.17, 15) is 14.3 Å². The Bertz CT molecular complexity index is 695. The summed E-state index contributed by atoms with van der Waals surface area (Å²) in [5.41, 5.74) is 7.72. The number of phenols is 1. The molecule has 5 heteroatoms. The molecule has 2 aromatic rings. The Hall–Kier alpha value is -2.56. The Morgan fingerprint density at radius 1 is 1.29 bits per heavy atom. The van der Waals surface area contributed by atoms with Gasteiger partial charge in [0.25, 0.3) is 5.91 Å². The van der Waals surface area contributed by atoms with Crippen LogP contribution in [0.5, 0.6) is 5.75 Å². The van der Waals surface area contributed by atoms with Crippen molar-refractivity contribution in [2.45, 2.75) is 12.8 Å². The summed E-state index contributed by atoms with van der Waals surface area (Å²) in [6.45, 7) is 0.475. The van der Waals surface area contributed by atoms with E-state index in [0.29, 0.717) is 17.9 Å². The van der Waals surface area contributed by atoms with Gasteiger partial charge < -0.3 is 15.7 Å². The molecule has 0 radical (unpaired) electrons. The Labute approximate surface area is 121 Å². The van der Waals surface area contributed by atoms with Crippen molar-refractivity contribution in [3.63, 3.8) is 0 Å². The van der Waals surface area contributed by atoms with E-state index < -0.39 is 11.7 Å².